The zero-order valence-corrected chi connectivity index (χ0v) is 8.92. The summed E-state index contributed by atoms with van der Waals surface area (Å²) in [4.78, 5) is 2.41. The number of hydrogen-bond acceptors (Lipinski definition) is 1. The lowest BCUT2D eigenvalue weighted by Gasteiger charge is -2.23. The highest BCUT2D eigenvalue weighted by Gasteiger charge is 2.02. The van der Waals surface area contributed by atoms with Crippen LogP contribution < -0.4 is 0 Å². The largest absolute Gasteiger partial charge is 0.373 e. The van der Waals surface area contributed by atoms with Gasteiger partial charge in [0.15, 0.2) is 0 Å². The van der Waals surface area contributed by atoms with Gasteiger partial charge >= 0.3 is 0 Å². The Hall–Kier alpha value is -0.720. The average Bonchev–Trinajstić information content (AvgIpc) is 2.13. The first-order valence-corrected chi connectivity index (χ1v) is 5.41. The molecule has 0 spiro atoms. The maximum absolute atomic E-state index is 2.41. The van der Waals surface area contributed by atoms with Crippen LogP contribution >= 0.6 is 0 Å². The van der Waals surface area contributed by atoms with Crippen LogP contribution in [0.5, 0.6) is 0 Å². The third kappa shape index (κ3) is 4.16. The predicted molar refractivity (Wildman–Crippen MR) is 58.6 cm³/mol. The minimum atomic E-state index is 1.13. The zero-order chi connectivity index (χ0) is 9.52. The SMILES string of the molecule is CCCCCCN1C=CC=C(C)C1. The molecule has 0 saturated heterocycles. The number of unbranched alkanes of at least 4 members (excludes halogenated alkanes) is 3. The van der Waals surface area contributed by atoms with E-state index < -0.39 is 0 Å². The van der Waals surface area contributed by atoms with Crippen LogP contribution in [-0.2, 0) is 0 Å². The number of allylic oxidation sites excluding steroid dienone is 2. The van der Waals surface area contributed by atoms with Crippen LogP contribution in [0.3, 0.4) is 0 Å². The van der Waals surface area contributed by atoms with E-state index in [2.05, 4.69) is 37.1 Å². The first-order chi connectivity index (χ1) is 6.33. The highest BCUT2D eigenvalue weighted by Crippen LogP contribution is 2.08. The van der Waals surface area contributed by atoms with E-state index in [1.54, 1.807) is 0 Å². The molecule has 13 heavy (non-hydrogen) atoms. The van der Waals surface area contributed by atoms with Crippen molar-refractivity contribution in [2.45, 2.75) is 39.5 Å². The third-order valence-electron chi connectivity index (χ3n) is 2.43. The van der Waals surface area contributed by atoms with Crippen LogP contribution in [0.15, 0.2) is 23.9 Å². The second-order valence-electron chi connectivity index (χ2n) is 3.89. The molecular weight excluding hydrogens is 158 g/mol. The number of hydrogen-bond donors (Lipinski definition) is 0. The smallest absolute Gasteiger partial charge is 0.0383 e. The molecule has 0 amide bonds. The van der Waals surface area contributed by atoms with Crippen molar-refractivity contribution < 1.29 is 0 Å². The summed E-state index contributed by atoms with van der Waals surface area (Å²) in [6.45, 7) is 6.81. The van der Waals surface area contributed by atoms with Gasteiger partial charge < -0.3 is 4.90 Å². The van der Waals surface area contributed by atoms with Gasteiger partial charge in [-0.15, -0.1) is 0 Å². The Morgan fingerprint density at radius 3 is 2.85 bits per heavy atom. The highest BCUT2D eigenvalue weighted by molar-refractivity contribution is 5.16. The van der Waals surface area contributed by atoms with E-state index in [-0.39, 0.29) is 0 Å². The Bertz CT molecular complexity index is 191. The van der Waals surface area contributed by atoms with E-state index in [9.17, 15) is 0 Å². The van der Waals surface area contributed by atoms with Gasteiger partial charge in [0, 0.05) is 13.1 Å². The van der Waals surface area contributed by atoms with Crippen LogP contribution in [0, 0.1) is 0 Å². The van der Waals surface area contributed by atoms with Gasteiger partial charge in [-0.3, -0.25) is 0 Å². The summed E-state index contributed by atoms with van der Waals surface area (Å²) >= 11 is 0. The molecular formula is C12H21N. The normalized spacial score (nSPS) is 16.2. The molecule has 0 aromatic carbocycles. The third-order valence-corrected chi connectivity index (χ3v) is 2.43. The molecule has 0 radical (unpaired) electrons. The van der Waals surface area contributed by atoms with Crippen LogP contribution in [-0.4, -0.2) is 18.0 Å². The molecule has 0 fully saturated rings. The second-order valence-corrected chi connectivity index (χ2v) is 3.89. The monoisotopic (exact) mass is 179 g/mol. The molecule has 1 heterocycles. The Morgan fingerprint density at radius 1 is 1.31 bits per heavy atom. The summed E-state index contributed by atoms with van der Waals surface area (Å²) in [6.07, 6.45) is 12.0. The molecule has 1 heteroatoms. The lowest BCUT2D eigenvalue weighted by molar-refractivity contribution is 0.385. The number of nitrogens with zero attached hydrogens (tertiary/aromatic N) is 1. The molecule has 0 unspecified atom stereocenters. The molecule has 1 rings (SSSR count). The summed E-state index contributed by atoms with van der Waals surface area (Å²) < 4.78 is 0. The van der Waals surface area contributed by atoms with Gasteiger partial charge in [0.1, 0.15) is 0 Å². The Balaban J connectivity index is 2.10. The van der Waals surface area contributed by atoms with Crippen molar-refractivity contribution in [3.63, 3.8) is 0 Å². The van der Waals surface area contributed by atoms with Gasteiger partial charge in [-0.2, -0.15) is 0 Å². The molecule has 0 aromatic rings. The fourth-order valence-corrected chi connectivity index (χ4v) is 1.65. The van der Waals surface area contributed by atoms with E-state index in [0.717, 1.165) is 6.54 Å². The molecule has 0 N–H and O–H groups in total. The molecule has 1 nitrogen and oxygen atoms in total. The van der Waals surface area contributed by atoms with Gasteiger partial charge in [0.2, 0.25) is 0 Å². The first kappa shape index (κ1) is 10.4. The van der Waals surface area contributed by atoms with E-state index in [1.807, 2.05) is 0 Å². The van der Waals surface area contributed by atoms with E-state index in [4.69, 9.17) is 0 Å². The minimum absolute atomic E-state index is 1.13. The molecule has 0 atom stereocenters. The van der Waals surface area contributed by atoms with Gasteiger partial charge in [-0.1, -0.05) is 37.8 Å². The summed E-state index contributed by atoms with van der Waals surface area (Å²) in [7, 11) is 0. The molecule has 1 aliphatic heterocycles. The lowest BCUT2D eigenvalue weighted by atomic mass is 10.1. The minimum Gasteiger partial charge on any atom is -0.373 e. The lowest BCUT2D eigenvalue weighted by Crippen LogP contribution is -2.22. The highest BCUT2D eigenvalue weighted by atomic mass is 15.1. The summed E-state index contributed by atoms with van der Waals surface area (Å²) in [5, 5.41) is 0. The van der Waals surface area contributed by atoms with Crippen molar-refractivity contribution in [2.24, 2.45) is 0 Å². The first-order valence-electron chi connectivity index (χ1n) is 5.41. The van der Waals surface area contributed by atoms with Crippen molar-refractivity contribution in [1.29, 1.82) is 0 Å². The maximum atomic E-state index is 2.41. The van der Waals surface area contributed by atoms with Crippen LogP contribution in [0.25, 0.3) is 0 Å². The quantitative estimate of drug-likeness (QED) is 0.585. The van der Waals surface area contributed by atoms with E-state index >= 15 is 0 Å². The van der Waals surface area contributed by atoms with Crippen LogP contribution in [0.2, 0.25) is 0 Å². The van der Waals surface area contributed by atoms with Gasteiger partial charge in [-0.05, 0) is 25.6 Å². The average molecular weight is 179 g/mol. The van der Waals surface area contributed by atoms with Crippen molar-refractivity contribution in [3.8, 4) is 0 Å². The second kappa shape index (κ2) is 5.85. The Kier molecular flexibility index (Phi) is 4.66. The van der Waals surface area contributed by atoms with Gasteiger partial charge in [0.05, 0.1) is 0 Å². The van der Waals surface area contributed by atoms with E-state index in [0.29, 0.717) is 0 Å². The Labute approximate surface area is 82.1 Å². The van der Waals surface area contributed by atoms with Crippen LogP contribution in [0.4, 0.5) is 0 Å². The van der Waals surface area contributed by atoms with Gasteiger partial charge in [0.25, 0.3) is 0 Å². The van der Waals surface area contributed by atoms with Crippen molar-refractivity contribution in [3.05, 3.63) is 23.9 Å². The molecule has 0 bridgehead atoms. The molecule has 74 valence electrons. The van der Waals surface area contributed by atoms with Crippen molar-refractivity contribution >= 4 is 0 Å². The molecule has 1 aliphatic rings. The Morgan fingerprint density at radius 2 is 2.15 bits per heavy atom. The van der Waals surface area contributed by atoms with Crippen molar-refractivity contribution in [2.75, 3.05) is 13.1 Å². The summed E-state index contributed by atoms with van der Waals surface area (Å²) in [6, 6.07) is 0. The van der Waals surface area contributed by atoms with E-state index in [1.165, 1.54) is 37.8 Å². The van der Waals surface area contributed by atoms with Crippen molar-refractivity contribution in [1.82, 2.24) is 4.90 Å². The topological polar surface area (TPSA) is 3.24 Å². The molecule has 0 aliphatic carbocycles. The molecule has 0 aromatic heterocycles. The fraction of sp³-hybridized carbons (Fsp3) is 0.667. The molecule has 0 saturated carbocycles. The zero-order valence-electron chi connectivity index (χ0n) is 8.92. The summed E-state index contributed by atoms with van der Waals surface area (Å²) in [5.41, 5.74) is 1.47. The maximum Gasteiger partial charge on any atom is 0.0383 e. The predicted octanol–water partition coefficient (Wildman–Crippen LogP) is 3.34. The standard InChI is InChI=1S/C12H21N/c1-3-4-5-6-9-13-10-7-8-12(2)11-13/h7-8,10H,3-6,9,11H2,1-2H3. The number of rotatable bonds is 5. The van der Waals surface area contributed by atoms with Gasteiger partial charge in [-0.25, -0.2) is 0 Å². The van der Waals surface area contributed by atoms with Crippen LogP contribution in [0.1, 0.15) is 39.5 Å². The fourth-order valence-electron chi connectivity index (χ4n) is 1.65. The summed E-state index contributed by atoms with van der Waals surface area (Å²) in [5.74, 6) is 0.